The van der Waals surface area contributed by atoms with Gasteiger partial charge in [-0.1, -0.05) is 19.3 Å². The van der Waals surface area contributed by atoms with E-state index in [0.717, 1.165) is 19.0 Å². The van der Waals surface area contributed by atoms with Crippen molar-refractivity contribution in [3.05, 3.63) is 0 Å². The Balaban J connectivity index is 1.99. The van der Waals surface area contributed by atoms with E-state index in [1.165, 1.54) is 38.6 Å². The molecule has 0 amide bonds. The van der Waals surface area contributed by atoms with Crippen molar-refractivity contribution in [1.82, 2.24) is 10.2 Å². The minimum Gasteiger partial charge on any atom is -0.367 e. The number of hydrogen-bond acceptors (Lipinski definition) is 3. The average molecular weight is 282 g/mol. The molecular formula is C17H34N2O. The number of nitrogens with one attached hydrogen (secondary N) is 1. The first-order chi connectivity index (χ1) is 9.31. The van der Waals surface area contributed by atoms with Crippen molar-refractivity contribution in [2.75, 3.05) is 26.7 Å². The minimum atomic E-state index is -0.0262. The lowest BCUT2D eigenvalue weighted by Gasteiger charge is -2.48. The van der Waals surface area contributed by atoms with Crippen molar-refractivity contribution >= 4 is 0 Å². The summed E-state index contributed by atoms with van der Waals surface area (Å²) >= 11 is 0. The molecule has 0 aromatic heterocycles. The van der Waals surface area contributed by atoms with Crippen LogP contribution in [0.1, 0.15) is 59.8 Å². The van der Waals surface area contributed by atoms with Gasteiger partial charge in [0.15, 0.2) is 0 Å². The van der Waals surface area contributed by atoms with Gasteiger partial charge in [-0.25, -0.2) is 0 Å². The van der Waals surface area contributed by atoms with E-state index in [2.05, 4.69) is 45.0 Å². The first-order valence-electron chi connectivity index (χ1n) is 8.41. The molecule has 0 radical (unpaired) electrons. The van der Waals surface area contributed by atoms with Gasteiger partial charge in [-0.15, -0.1) is 0 Å². The average Bonchev–Trinajstić information content (AvgIpc) is 2.49. The number of hydrogen-bond donors (Lipinski definition) is 1. The monoisotopic (exact) mass is 282 g/mol. The predicted molar refractivity (Wildman–Crippen MR) is 85.1 cm³/mol. The Kier molecular flexibility index (Phi) is 5.14. The summed E-state index contributed by atoms with van der Waals surface area (Å²) in [5.74, 6) is 0.798. The third kappa shape index (κ3) is 4.44. The standard InChI is InChI=1S/C17H34N2O/c1-16(2)12-19(13-17(3,4)20-16)11-14-9-7-6-8-10-15(14)18-5/h14-15,18H,6-13H2,1-5H3. The van der Waals surface area contributed by atoms with Crippen molar-refractivity contribution in [2.45, 2.75) is 77.0 Å². The van der Waals surface area contributed by atoms with Crippen LogP contribution in [-0.4, -0.2) is 48.8 Å². The van der Waals surface area contributed by atoms with Gasteiger partial charge >= 0.3 is 0 Å². The molecule has 3 heteroatoms. The molecule has 3 nitrogen and oxygen atoms in total. The molecule has 1 aliphatic heterocycles. The smallest absolute Gasteiger partial charge is 0.0760 e. The molecule has 118 valence electrons. The first kappa shape index (κ1) is 16.3. The summed E-state index contributed by atoms with van der Waals surface area (Å²) in [6.07, 6.45) is 6.93. The van der Waals surface area contributed by atoms with Gasteiger partial charge in [0.05, 0.1) is 11.2 Å². The summed E-state index contributed by atoms with van der Waals surface area (Å²) < 4.78 is 6.20. The van der Waals surface area contributed by atoms with Gasteiger partial charge in [-0.2, -0.15) is 0 Å². The van der Waals surface area contributed by atoms with Crippen molar-refractivity contribution in [2.24, 2.45) is 5.92 Å². The van der Waals surface area contributed by atoms with Crippen LogP contribution in [-0.2, 0) is 4.74 Å². The van der Waals surface area contributed by atoms with E-state index in [1.54, 1.807) is 0 Å². The van der Waals surface area contributed by atoms with Crippen LogP contribution in [0.2, 0.25) is 0 Å². The van der Waals surface area contributed by atoms with Crippen LogP contribution in [0.25, 0.3) is 0 Å². The summed E-state index contributed by atoms with van der Waals surface area (Å²) in [6.45, 7) is 12.2. The summed E-state index contributed by atoms with van der Waals surface area (Å²) in [6, 6.07) is 0.701. The molecule has 0 aromatic rings. The van der Waals surface area contributed by atoms with E-state index < -0.39 is 0 Å². The summed E-state index contributed by atoms with van der Waals surface area (Å²) in [4.78, 5) is 2.64. The molecule has 1 heterocycles. The van der Waals surface area contributed by atoms with Crippen LogP contribution in [0.4, 0.5) is 0 Å². The van der Waals surface area contributed by atoms with Gasteiger partial charge in [0.25, 0.3) is 0 Å². The summed E-state index contributed by atoms with van der Waals surface area (Å²) in [7, 11) is 2.14. The SMILES string of the molecule is CNC1CCCCCC1CN1CC(C)(C)OC(C)(C)C1. The first-order valence-corrected chi connectivity index (χ1v) is 8.41. The molecule has 0 spiro atoms. The second-order valence-corrected chi connectivity index (χ2v) is 8.08. The van der Waals surface area contributed by atoms with E-state index in [4.69, 9.17) is 4.74 Å². The highest BCUT2D eigenvalue weighted by atomic mass is 16.5. The maximum atomic E-state index is 6.20. The molecule has 1 saturated carbocycles. The second kappa shape index (κ2) is 6.33. The molecule has 1 saturated heterocycles. The number of morpholine rings is 1. The molecule has 1 N–H and O–H groups in total. The molecule has 1 aliphatic carbocycles. The van der Waals surface area contributed by atoms with Crippen LogP contribution in [0.5, 0.6) is 0 Å². The minimum absolute atomic E-state index is 0.0262. The fourth-order valence-corrected chi connectivity index (χ4v) is 4.39. The number of ether oxygens (including phenoxy) is 1. The maximum absolute atomic E-state index is 6.20. The maximum Gasteiger partial charge on any atom is 0.0760 e. The normalized spacial score (nSPS) is 34.6. The molecule has 2 aliphatic rings. The van der Waals surface area contributed by atoms with Crippen LogP contribution in [0.3, 0.4) is 0 Å². The third-order valence-electron chi connectivity index (χ3n) is 4.78. The summed E-state index contributed by atoms with van der Waals surface area (Å²) in [5, 5.41) is 3.57. The Morgan fingerprint density at radius 2 is 1.60 bits per heavy atom. The molecule has 2 rings (SSSR count). The van der Waals surface area contributed by atoms with E-state index in [1.807, 2.05) is 0 Å². The largest absolute Gasteiger partial charge is 0.367 e. The zero-order valence-corrected chi connectivity index (χ0v) is 14.2. The Morgan fingerprint density at radius 1 is 1.00 bits per heavy atom. The predicted octanol–water partition coefficient (Wildman–Crippen LogP) is 3.04. The van der Waals surface area contributed by atoms with Crippen LogP contribution < -0.4 is 5.32 Å². The fourth-order valence-electron chi connectivity index (χ4n) is 4.39. The molecule has 0 aromatic carbocycles. The molecule has 20 heavy (non-hydrogen) atoms. The van der Waals surface area contributed by atoms with Crippen LogP contribution in [0.15, 0.2) is 0 Å². The highest BCUT2D eigenvalue weighted by molar-refractivity contribution is 4.91. The second-order valence-electron chi connectivity index (χ2n) is 8.08. The van der Waals surface area contributed by atoms with Gasteiger partial charge < -0.3 is 10.1 Å². The van der Waals surface area contributed by atoms with Crippen LogP contribution in [0, 0.1) is 5.92 Å². The highest BCUT2D eigenvalue weighted by Crippen LogP contribution is 2.31. The Bertz CT molecular complexity index is 298. The molecule has 2 fully saturated rings. The molecule has 2 unspecified atom stereocenters. The van der Waals surface area contributed by atoms with Gasteiger partial charge in [-0.3, -0.25) is 4.90 Å². The fraction of sp³-hybridized carbons (Fsp3) is 1.00. The quantitative estimate of drug-likeness (QED) is 0.805. The third-order valence-corrected chi connectivity index (χ3v) is 4.78. The number of nitrogens with zero attached hydrogens (tertiary/aromatic N) is 1. The molecule has 0 bridgehead atoms. The highest BCUT2D eigenvalue weighted by Gasteiger charge is 2.39. The Hall–Kier alpha value is -0.120. The Labute approximate surface area is 125 Å². The van der Waals surface area contributed by atoms with Gasteiger partial charge in [0.1, 0.15) is 0 Å². The van der Waals surface area contributed by atoms with Crippen molar-refractivity contribution in [3.63, 3.8) is 0 Å². The molecule has 2 atom stereocenters. The van der Waals surface area contributed by atoms with Crippen molar-refractivity contribution in [1.29, 1.82) is 0 Å². The zero-order chi connectivity index (χ0) is 14.8. The lowest BCUT2D eigenvalue weighted by atomic mass is 9.91. The van der Waals surface area contributed by atoms with Gasteiger partial charge in [-0.05, 0) is 53.5 Å². The van der Waals surface area contributed by atoms with Crippen LogP contribution >= 0.6 is 0 Å². The van der Waals surface area contributed by atoms with Gasteiger partial charge in [0, 0.05) is 25.7 Å². The van der Waals surface area contributed by atoms with E-state index in [-0.39, 0.29) is 11.2 Å². The Morgan fingerprint density at radius 3 is 2.20 bits per heavy atom. The van der Waals surface area contributed by atoms with E-state index in [9.17, 15) is 0 Å². The lowest BCUT2D eigenvalue weighted by Crippen LogP contribution is -2.58. The van der Waals surface area contributed by atoms with Crippen molar-refractivity contribution in [3.8, 4) is 0 Å². The topological polar surface area (TPSA) is 24.5 Å². The van der Waals surface area contributed by atoms with Gasteiger partial charge in [0.2, 0.25) is 0 Å². The van der Waals surface area contributed by atoms with E-state index >= 15 is 0 Å². The molecular weight excluding hydrogens is 248 g/mol. The zero-order valence-electron chi connectivity index (χ0n) is 14.2. The number of rotatable bonds is 3. The van der Waals surface area contributed by atoms with Crippen molar-refractivity contribution < 1.29 is 4.74 Å². The lowest BCUT2D eigenvalue weighted by molar-refractivity contribution is -0.182. The summed E-state index contributed by atoms with van der Waals surface area (Å²) in [5.41, 5.74) is -0.0523. The van der Waals surface area contributed by atoms with E-state index in [0.29, 0.717) is 6.04 Å².